The molecule has 1 aliphatic rings. The zero-order valence-electron chi connectivity index (χ0n) is 17.1. The SMILES string of the molecule is COCc1cc(N2CCCC2c2c(C)nn(C)c2C)nc(C(C)(C)C)n1. The summed E-state index contributed by atoms with van der Waals surface area (Å²) >= 11 is 0. The van der Waals surface area contributed by atoms with Gasteiger partial charge >= 0.3 is 0 Å². The first-order valence-corrected chi connectivity index (χ1v) is 9.36. The number of ether oxygens (including phenoxy) is 1. The molecule has 0 aromatic carbocycles. The van der Waals surface area contributed by atoms with E-state index in [1.807, 2.05) is 11.7 Å². The van der Waals surface area contributed by atoms with E-state index >= 15 is 0 Å². The van der Waals surface area contributed by atoms with E-state index < -0.39 is 0 Å². The minimum atomic E-state index is -0.103. The Morgan fingerprint density at radius 3 is 2.54 bits per heavy atom. The Balaban J connectivity index is 2.05. The first-order chi connectivity index (χ1) is 12.2. The zero-order valence-corrected chi connectivity index (χ0v) is 17.1. The molecular formula is C20H31N5O. The van der Waals surface area contributed by atoms with Gasteiger partial charge in [0.1, 0.15) is 11.6 Å². The van der Waals surface area contributed by atoms with Crippen LogP contribution in [0.1, 0.15) is 68.1 Å². The van der Waals surface area contributed by atoms with E-state index in [1.54, 1.807) is 7.11 Å². The van der Waals surface area contributed by atoms with Gasteiger partial charge in [0, 0.05) is 43.4 Å². The van der Waals surface area contributed by atoms with Gasteiger partial charge < -0.3 is 9.64 Å². The van der Waals surface area contributed by atoms with E-state index in [1.165, 1.54) is 11.3 Å². The van der Waals surface area contributed by atoms with Gasteiger partial charge in [-0.3, -0.25) is 4.68 Å². The molecule has 1 saturated heterocycles. The van der Waals surface area contributed by atoms with Gasteiger partial charge in [0.2, 0.25) is 0 Å². The van der Waals surface area contributed by atoms with Crippen LogP contribution in [0.2, 0.25) is 0 Å². The number of hydrogen-bond donors (Lipinski definition) is 0. The molecule has 2 aromatic heterocycles. The number of methoxy groups -OCH3 is 1. The Bertz CT molecular complexity index is 790. The molecule has 0 spiro atoms. The van der Waals surface area contributed by atoms with Gasteiger partial charge in [0.05, 0.1) is 24.0 Å². The van der Waals surface area contributed by atoms with Gasteiger partial charge in [-0.05, 0) is 26.7 Å². The summed E-state index contributed by atoms with van der Waals surface area (Å²) in [7, 11) is 3.73. The van der Waals surface area contributed by atoms with Crippen molar-refractivity contribution in [3.8, 4) is 0 Å². The summed E-state index contributed by atoms with van der Waals surface area (Å²) in [4.78, 5) is 12.1. The third kappa shape index (κ3) is 3.47. The standard InChI is InChI=1S/C20H31N5O/c1-13-18(14(2)24(6)23-13)16-9-8-10-25(16)17-11-15(12-26-7)21-19(22-17)20(3,4)5/h11,16H,8-10,12H2,1-7H3. The van der Waals surface area contributed by atoms with Crippen LogP contribution in [-0.4, -0.2) is 33.4 Å². The molecule has 0 aliphatic carbocycles. The molecule has 1 fully saturated rings. The molecular weight excluding hydrogens is 326 g/mol. The Morgan fingerprint density at radius 2 is 1.96 bits per heavy atom. The predicted molar refractivity (Wildman–Crippen MR) is 103 cm³/mol. The molecule has 6 heteroatoms. The lowest BCUT2D eigenvalue weighted by Crippen LogP contribution is -2.27. The highest BCUT2D eigenvalue weighted by Gasteiger charge is 2.32. The van der Waals surface area contributed by atoms with Crippen molar-refractivity contribution in [3.63, 3.8) is 0 Å². The Hall–Kier alpha value is -1.95. The van der Waals surface area contributed by atoms with Crippen molar-refractivity contribution < 1.29 is 4.74 Å². The zero-order chi connectivity index (χ0) is 19.1. The molecule has 0 amide bonds. The second-order valence-electron chi connectivity index (χ2n) is 8.28. The number of anilines is 1. The molecule has 0 radical (unpaired) electrons. The highest BCUT2D eigenvalue weighted by atomic mass is 16.5. The van der Waals surface area contributed by atoms with Crippen molar-refractivity contribution in [1.29, 1.82) is 0 Å². The minimum absolute atomic E-state index is 0.103. The largest absolute Gasteiger partial charge is 0.378 e. The third-order valence-corrected chi connectivity index (χ3v) is 5.17. The van der Waals surface area contributed by atoms with Gasteiger partial charge in [-0.2, -0.15) is 5.10 Å². The second-order valence-corrected chi connectivity index (χ2v) is 8.28. The topological polar surface area (TPSA) is 56.1 Å². The molecule has 0 saturated carbocycles. The quantitative estimate of drug-likeness (QED) is 0.836. The summed E-state index contributed by atoms with van der Waals surface area (Å²) in [6.45, 7) is 12.2. The van der Waals surface area contributed by atoms with Crippen LogP contribution in [0.4, 0.5) is 5.82 Å². The summed E-state index contributed by atoms with van der Waals surface area (Å²) in [5.41, 5.74) is 4.53. The first kappa shape index (κ1) is 18.8. The van der Waals surface area contributed by atoms with Gasteiger partial charge in [-0.1, -0.05) is 20.8 Å². The van der Waals surface area contributed by atoms with Crippen LogP contribution in [-0.2, 0) is 23.8 Å². The first-order valence-electron chi connectivity index (χ1n) is 9.36. The minimum Gasteiger partial charge on any atom is -0.378 e. The van der Waals surface area contributed by atoms with E-state index in [0.29, 0.717) is 12.6 Å². The maximum Gasteiger partial charge on any atom is 0.136 e. The van der Waals surface area contributed by atoms with Crippen molar-refractivity contribution in [3.05, 3.63) is 34.5 Å². The van der Waals surface area contributed by atoms with Crippen LogP contribution in [0.25, 0.3) is 0 Å². The molecule has 2 aromatic rings. The number of aryl methyl sites for hydroxylation is 2. The number of nitrogens with zero attached hydrogens (tertiary/aromatic N) is 5. The summed E-state index contributed by atoms with van der Waals surface area (Å²) in [5, 5.41) is 4.62. The molecule has 3 heterocycles. The van der Waals surface area contributed by atoms with Crippen LogP contribution < -0.4 is 4.90 Å². The van der Waals surface area contributed by atoms with Crippen molar-refractivity contribution in [2.75, 3.05) is 18.6 Å². The highest BCUT2D eigenvalue weighted by Crippen LogP contribution is 2.38. The normalized spacial score (nSPS) is 18.0. The van der Waals surface area contributed by atoms with Gasteiger partial charge in [-0.25, -0.2) is 9.97 Å². The van der Waals surface area contributed by atoms with E-state index in [9.17, 15) is 0 Å². The van der Waals surface area contributed by atoms with Crippen LogP contribution in [0, 0.1) is 13.8 Å². The van der Waals surface area contributed by atoms with Crippen molar-refractivity contribution >= 4 is 5.82 Å². The molecule has 3 rings (SSSR count). The smallest absolute Gasteiger partial charge is 0.136 e. The third-order valence-electron chi connectivity index (χ3n) is 5.17. The van der Waals surface area contributed by atoms with Gasteiger partial charge in [0.25, 0.3) is 0 Å². The average molecular weight is 358 g/mol. The molecule has 1 aliphatic heterocycles. The number of rotatable bonds is 4. The number of aromatic nitrogens is 4. The lowest BCUT2D eigenvalue weighted by atomic mass is 9.95. The van der Waals surface area contributed by atoms with Crippen LogP contribution in [0.15, 0.2) is 6.07 Å². The fourth-order valence-electron chi connectivity index (χ4n) is 3.80. The highest BCUT2D eigenvalue weighted by molar-refractivity contribution is 5.47. The monoisotopic (exact) mass is 357 g/mol. The summed E-state index contributed by atoms with van der Waals surface area (Å²) in [6, 6.07) is 2.40. The Kier molecular flexibility index (Phi) is 5.06. The van der Waals surface area contributed by atoms with E-state index in [4.69, 9.17) is 14.7 Å². The summed E-state index contributed by atoms with van der Waals surface area (Å²) in [6.07, 6.45) is 2.29. The number of hydrogen-bond acceptors (Lipinski definition) is 5. The molecule has 6 nitrogen and oxygen atoms in total. The van der Waals surface area contributed by atoms with Crippen molar-refractivity contribution in [1.82, 2.24) is 19.7 Å². The maximum atomic E-state index is 5.34. The molecule has 1 atom stereocenters. The molecule has 26 heavy (non-hydrogen) atoms. The van der Waals surface area contributed by atoms with Crippen molar-refractivity contribution in [2.24, 2.45) is 7.05 Å². The van der Waals surface area contributed by atoms with Crippen molar-refractivity contribution in [2.45, 2.75) is 65.5 Å². The molecule has 0 N–H and O–H groups in total. The fraction of sp³-hybridized carbons (Fsp3) is 0.650. The van der Waals surface area contributed by atoms with E-state index in [-0.39, 0.29) is 5.41 Å². The van der Waals surface area contributed by atoms with Crippen LogP contribution in [0.3, 0.4) is 0 Å². The average Bonchev–Trinajstić information content (AvgIpc) is 3.11. The lowest BCUT2D eigenvalue weighted by Gasteiger charge is -2.28. The second kappa shape index (κ2) is 6.99. The predicted octanol–water partition coefficient (Wildman–Crippen LogP) is 3.61. The van der Waals surface area contributed by atoms with Crippen LogP contribution in [0.5, 0.6) is 0 Å². The Morgan fingerprint density at radius 1 is 1.23 bits per heavy atom. The fourth-order valence-corrected chi connectivity index (χ4v) is 3.80. The summed E-state index contributed by atoms with van der Waals surface area (Å²) in [5.74, 6) is 1.87. The molecule has 0 bridgehead atoms. The molecule has 142 valence electrons. The molecule has 1 unspecified atom stereocenters. The van der Waals surface area contributed by atoms with Gasteiger partial charge in [-0.15, -0.1) is 0 Å². The van der Waals surface area contributed by atoms with Crippen LogP contribution >= 0.6 is 0 Å². The lowest BCUT2D eigenvalue weighted by molar-refractivity contribution is 0.181. The van der Waals surface area contributed by atoms with E-state index in [0.717, 1.165) is 42.4 Å². The maximum absolute atomic E-state index is 5.34. The Labute approximate surface area is 156 Å². The van der Waals surface area contributed by atoms with Gasteiger partial charge in [0.15, 0.2) is 0 Å². The van der Waals surface area contributed by atoms with E-state index in [2.05, 4.69) is 50.7 Å². The summed E-state index contributed by atoms with van der Waals surface area (Å²) < 4.78 is 7.33.